The number of ether oxygens (including phenoxy) is 2. The number of nitrogens with zero attached hydrogens (tertiary/aromatic N) is 1. The van der Waals surface area contributed by atoms with Gasteiger partial charge >= 0.3 is 0 Å². The minimum absolute atomic E-state index is 0.0484. The van der Waals surface area contributed by atoms with Crippen LogP contribution in [0.25, 0.3) is 0 Å². The van der Waals surface area contributed by atoms with Crippen molar-refractivity contribution in [3.8, 4) is 5.75 Å². The monoisotopic (exact) mass is 279 g/mol. The molecule has 1 unspecified atom stereocenters. The van der Waals surface area contributed by atoms with Gasteiger partial charge in [-0.15, -0.1) is 0 Å². The largest absolute Gasteiger partial charge is 0.496 e. The zero-order valence-corrected chi connectivity index (χ0v) is 13.7. The molecule has 0 saturated carbocycles. The minimum atomic E-state index is 0.0484. The molecule has 20 heavy (non-hydrogen) atoms. The fourth-order valence-corrected chi connectivity index (χ4v) is 2.54. The summed E-state index contributed by atoms with van der Waals surface area (Å²) >= 11 is 0. The Labute approximate surface area is 123 Å². The second-order valence-corrected chi connectivity index (χ2v) is 5.68. The molecule has 0 spiro atoms. The molecule has 1 rings (SSSR count). The minimum Gasteiger partial charge on any atom is -0.496 e. The molecule has 0 aliphatic heterocycles. The van der Waals surface area contributed by atoms with Gasteiger partial charge in [-0.25, -0.2) is 0 Å². The molecule has 0 aliphatic carbocycles. The van der Waals surface area contributed by atoms with Crippen molar-refractivity contribution in [2.24, 2.45) is 0 Å². The van der Waals surface area contributed by atoms with E-state index >= 15 is 0 Å². The molecule has 0 aliphatic rings. The van der Waals surface area contributed by atoms with Crippen LogP contribution in [0.15, 0.2) is 24.3 Å². The van der Waals surface area contributed by atoms with Crippen LogP contribution < -0.4 is 4.74 Å². The van der Waals surface area contributed by atoms with Gasteiger partial charge in [0.05, 0.1) is 19.8 Å². The Hall–Kier alpha value is -1.06. The number of benzene rings is 1. The van der Waals surface area contributed by atoms with Crippen LogP contribution in [0.3, 0.4) is 0 Å². The topological polar surface area (TPSA) is 21.7 Å². The van der Waals surface area contributed by atoms with Crippen molar-refractivity contribution < 1.29 is 9.47 Å². The van der Waals surface area contributed by atoms with E-state index in [0.717, 1.165) is 24.5 Å². The summed E-state index contributed by atoms with van der Waals surface area (Å²) < 4.78 is 11.4. The van der Waals surface area contributed by atoms with Crippen LogP contribution in [0.1, 0.15) is 46.3 Å². The molecule has 3 nitrogen and oxygen atoms in total. The lowest BCUT2D eigenvalue weighted by Gasteiger charge is -2.30. The SMILES string of the molecule is COc1ccccc1C(C)OCCN(C(C)C)C(C)C. The highest BCUT2D eigenvalue weighted by Gasteiger charge is 2.15. The number of hydrogen-bond acceptors (Lipinski definition) is 3. The average molecular weight is 279 g/mol. The molecule has 0 fully saturated rings. The third-order valence-electron chi connectivity index (χ3n) is 3.62. The second-order valence-electron chi connectivity index (χ2n) is 5.68. The van der Waals surface area contributed by atoms with E-state index in [2.05, 4.69) is 45.6 Å². The third-order valence-corrected chi connectivity index (χ3v) is 3.62. The first-order chi connectivity index (χ1) is 9.47. The van der Waals surface area contributed by atoms with Gasteiger partial charge in [0.15, 0.2) is 0 Å². The molecule has 1 aromatic carbocycles. The molecule has 3 heteroatoms. The van der Waals surface area contributed by atoms with E-state index in [1.54, 1.807) is 7.11 Å². The lowest BCUT2D eigenvalue weighted by molar-refractivity contribution is 0.0329. The number of methoxy groups -OCH3 is 1. The molecular weight excluding hydrogens is 250 g/mol. The molecule has 1 atom stereocenters. The number of para-hydroxylation sites is 1. The Morgan fingerprint density at radius 3 is 2.15 bits per heavy atom. The highest BCUT2D eigenvalue weighted by molar-refractivity contribution is 5.34. The van der Waals surface area contributed by atoms with Crippen molar-refractivity contribution in [2.75, 3.05) is 20.3 Å². The van der Waals surface area contributed by atoms with Gasteiger partial charge in [0.1, 0.15) is 5.75 Å². The van der Waals surface area contributed by atoms with Gasteiger partial charge in [-0.1, -0.05) is 18.2 Å². The Morgan fingerprint density at radius 1 is 1.00 bits per heavy atom. The summed E-state index contributed by atoms with van der Waals surface area (Å²) in [5, 5.41) is 0. The summed E-state index contributed by atoms with van der Waals surface area (Å²) in [6.07, 6.45) is 0.0484. The van der Waals surface area contributed by atoms with Gasteiger partial charge in [0.2, 0.25) is 0 Å². The van der Waals surface area contributed by atoms with E-state index in [4.69, 9.17) is 9.47 Å². The molecule has 1 aromatic rings. The first-order valence-corrected chi connectivity index (χ1v) is 7.47. The smallest absolute Gasteiger partial charge is 0.124 e. The average Bonchev–Trinajstić information content (AvgIpc) is 2.42. The van der Waals surface area contributed by atoms with E-state index in [-0.39, 0.29) is 6.10 Å². The van der Waals surface area contributed by atoms with Gasteiger partial charge in [0, 0.05) is 24.2 Å². The summed E-state index contributed by atoms with van der Waals surface area (Å²) in [6.45, 7) is 12.7. The van der Waals surface area contributed by atoms with Crippen LogP contribution in [-0.4, -0.2) is 37.2 Å². The number of rotatable bonds is 8. The first kappa shape index (κ1) is 17.0. The van der Waals surface area contributed by atoms with E-state index in [9.17, 15) is 0 Å². The van der Waals surface area contributed by atoms with Gasteiger partial charge in [-0.05, 0) is 40.7 Å². The van der Waals surface area contributed by atoms with Gasteiger partial charge in [-0.2, -0.15) is 0 Å². The van der Waals surface area contributed by atoms with Crippen LogP contribution >= 0.6 is 0 Å². The van der Waals surface area contributed by atoms with Gasteiger partial charge in [0.25, 0.3) is 0 Å². The molecule has 0 saturated heterocycles. The molecular formula is C17H29NO2. The summed E-state index contributed by atoms with van der Waals surface area (Å²) in [5.41, 5.74) is 1.11. The Balaban J connectivity index is 2.53. The van der Waals surface area contributed by atoms with Crippen LogP contribution in [0, 0.1) is 0 Å². The summed E-state index contributed by atoms with van der Waals surface area (Å²) in [6, 6.07) is 9.12. The zero-order valence-electron chi connectivity index (χ0n) is 13.7. The van der Waals surface area contributed by atoms with Crippen molar-refractivity contribution >= 4 is 0 Å². The molecule has 0 amide bonds. The van der Waals surface area contributed by atoms with Crippen molar-refractivity contribution in [3.05, 3.63) is 29.8 Å². The highest BCUT2D eigenvalue weighted by atomic mass is 16.5. The maximum Gasteiger partial charge on any atom is 0.124 e. The van der Waals surface area contributed by atoms with E-state index in [1.165, 1.54) is 0 Å². The third kappa shape index (κ3) is 4.80. The Kier molecular flexibility index (Phi) is 7.03. The van der Waals surface area contributed by atoms with Crippen LogP contribution in [0.5, 0.6) is 5.75 Å². The van der Waals surface area contributed by atoms with Crippen LogP contribution in [-0.2, 0) is 4.74 Å². The standard InChI is InChI=1S/C17H29NO2/c1-13(2)18(14(3)4)11-12-20-15(5)16-9-7-8-10-17(16)19-6/h7-10,13-15H,11-12H2,1-6H3. The lowest BCUT2D eigenvalue weighted by Crippen LogP contribution is -2.39. The first-order valence-electron chi connectivity index (χ1n) is 7.47. The molecule has 0 heterocycles. The Morgan fingerprint density at radius 2 is 1.60 bits per heavy atom. The zero-order chi connectivity index (χ0) is 15.1. The summed E-state index contributed by atoms with van der Waals surface area (Å²) in [5.74, 6) is 0.893. The van der Waals surface area contributed by atoms with Crippen molar-refractivity contribution in [3.63, 3.8) is 0 Å². The molecule has 0 radical (unpaired) electrons. The summed E-state index contributed by atoms with van der Waals surface area (Å²) in [7, 11) is 1.70. The molecule has 0 bridgehead atoms. The van der Waals surface area contributed by atoms with Gasteiger partial charge in [-0.3, -0.25) is 4.90 Å². The number of hydrogen-bond donors (Lipinski definition) is 0. The molecule has 0 N–H and O–H groups in total. The maximum absolute atomic E-state index is 5.98. The van der Waals surface area contributed by atoms with Crippen molar-refractivity contribution in [2.45, 2.75) is 52.8 Å². The highest BCUT2D eigenvalue weighted by Crippen LogP contribution is 2.26. The second kappa shape index (κ2) is 8.28. The van der Waals surface area contributed by atoms with Crippen molar-refractivity contribution in [1.29, 1.82) is 0 Å². The summed E-state index contributed by atoms with van der Waals surface area (Å²) in [4.78, 5) is 2.44. The van der Waals surface area contributed by atoms with Crippen LogP contribution in [0.2, 0.25) is 0 Å². The van der Waals surface area contributed by atoms with E-state index < -0.39 is 0 Å². The Bertz CT molecular complexity index is 382. The molecule has 0 aromatic heterocycles. The van der Waals surface area contributed by atoms with E-state index in [1.807, 2.05) is 18.2 Å². The lowest BCUT2D eigenvalue weighted by atomic mass is 10.1. The van der Waals surface area contributed by atoms with Crippen LogP contribution in [0.4, 0.5) is 0 Å². The van der Waals surface area contributed by atoms with Crippen molar-refractivity contribution in [1.82, 2.24) is 4.90 Å². The fourth-order valence-electron chi connectivity index (χ4n) is 2.54. The predicted octanol–water partition coefficient (Wildman–Crippen LogP) is 3.89. The van der Waals surface area contributed by atoms with E-state index in [0.29, 0.717) is 12.1 Å². The predicted molar refractivity (Wildman–Crippen MR) is 84.3 cm³/mol. The quantitative estimate of drug-likeness (QED) is 0.720. The molecule has 114 valence electrons. The normalized spacial score (nSPS) is 13.2. The van der Waals surface area contributed by atoms with Gasteiger partial charge < -0.3 is 9.47 Å². The fraction of sp³-hybridized carbons (Fsp3) is 0.647. The maximum atomic E-state index is 5.98.